The number of β-lactam (4-membered cyclic amide) rings is 1. The molecule has 8 nitrogen and oxygen atoms in total. The van der Waals surface area contributed by atoms with Crippen molar-refractivity contribution < 1.29 is 19.8 Å². The fourth-order valence-corrected chi connectivity index (χ4v) is 4.57. The van der Waals surface area contributed by atoms with Crippen LogP contribution in [0.3, 0.4) is 0 Å². The molecule has 6 N–H and O–H groups in total. The summed E-state index contributed by atoms with van der Waals surface area (Å²) < 4.78 is 0. The Morgan fingerprint density at radius 2 is 2.17 bits per heavy atom. The molecule has 134 valence electrons. The van der Waals surface area contributed by atoms with Gasteiger partial charge in [0.15, 0.2) is 5.96 Å². The Kier molecular flexibility index (Phi) is 5.76. The minimum absolute atomic E-state index is 0.0688. The number of carbonyl (C=O) groups is 2. The second-order valence-electron chi connectivity index (χ2n) is 6.13. The van der Waals surface area contributed by atoms with Crippen molar-refractivity contribution in [2.45, 2.75) is 38.3 Å². The molecule has 2 aliphatic heterocycles. The van der Waals surface area contributed by atoms with Crippen LogP contribution in [0.2, 0.25) is 0 Å². The summed E-state index contributed by atoms with van der Waals surface area (Å²) in [4.78, 5) is 25.9. The van der Waals surface area contributed by atoms with Crippen molar-refractivity contribution in [1.29, 1.82) is 5.41 Å². The van der Waals surface area contributed by atoms with Gasteiger partial charge in [-0.25, -0.2) is 4.79 Å². The number of nitrogens with zero attached hydrogens (tertiary/aromatic N) is 1. The summed E-state index contributed by atoms with van der Waals surface area (Å²) in [5.74, 6) is -2.08. The van der Waals surface area contributed by atoms with E-state index < -0.39 is 18.0 Å². The Hall–Kier alpha value is -1.74. The van der Waals surface area contributed by atoms with Gasteiger partial charge >= 0.3 is 5.97 Å². The maximum absolute atomic E-state index is 12.3. The van der Waals surface area contributed by atoms with Gasteiger partial charge in [0.2, 0.25) is 5.91 Å². The van der Waals surface area contributed by atoms with Crippen LogP contribution < -0.4 is 11.1 Å². The number of aliphatic carboxylic acids is 1. The Morgan fingerprint density at radius 1 is 1.50 bits per heavy atom. The molecule has 0 saturated carbocycles. The molecule has 0 unspecified atom stereocenters. The van der Waals surface area contributed by atoms with E-state index in [9.17, 15) is 19.8 Å². The fourth-order valence-electron chi connectivity index (χ4n) is 3.63. The quantitative estimate of drug-likeness (QED) is 0.180. The number of thioether (sulfide) groups is 1. The number of aliphatic hydroxyl groups excluding tert-OH is 1. The number of carboxylic acids is 1. The van der Waals surface area contributed by atoms with Crippen molar-refractivity contribution in [3.05, 3.63) is 10.6 Å². The summed E-state index contributed by atoms with van der Waals surface area (Å²) in [6, 6.07) is -0.271. The first-order valence-electron chi connectivity index (χ1n) is 7.91. The molecule has 2 heterocycles. The van der Waals surface area contributed by atoms with Crippen molar-refractivity contribution in [2.24, 2.45) is 17.6 Å². The maximum Gasteiger partial charge on any atom is 0.353 e. The molecule has 0 aliphatic carbocycles. The molecule has 1 amide bonds. The van der Waals surface area contributed by atoms with Crippen molar-refractivity contribution in [3.8, 4) is 0 Å². The van der Waals surface area contributed by atoms with Crippen LogP contribution in [-0.4, -0.2) is 57.9 Å². The standard InChI is InChI=1S/C15H24N4O4S/c1-7(20)9-10-8(5-3-4-6-18-15(16)17)12(24-2)11(14(22)23)19(10)13(9)21/h7-10,20H,3-6H2,1-2H3,(H,22,23)(H4,16,17,18)/t7-,8-,9-,10-/m1/s1. The molecule has 0 aromatic carbocycles. The molecule has 0 spiro atoms. The van der Waals surface area contributed by atoms with Crippen LogP contribution in [0.5, 0.6) is 0 Å². The number of hydrogen-bond donors (Lipinski definition) is 5. The third kappa shape index (κ3) is 3.23. The zero-order valence-corrected chi connectivity index (χ0v) is 14.6. The second kappa shape index (κ2) is 7.43. The van der Waals surface area contributed by atoms with Gasteiger partial charge in [-0.1, -0.05) is 6.42 Å². The molecule has 24 heavy (non-hydrogen) atoms. The third-order valence-corrected chi connectivity index (χ3v) is 5.55. The van der Waals surface area contributed by atoms with E-state index in [4.69, 9.17) is 11.1 Å². The Balaban J connectivity index is 2.12. The van der Waals surface area contributed by atoms with E-state index >= 15 is 0 Å². The van der Waals surface area contributed by atoms with Gasteiger partial charge in [-0.2, -0.15) is 0 Å². The predicted octanol–water partition coefficient (Wildman–Crippen LogP) is 0.137. The van der Waals surface area contributed by atoms with Crippen molar-refractivity contribution in [1.82, 2.24) is 10.2 Å². The lowest BCUT2D eigenvalue weighted by Crippen LogP contribution is -2.63. The number of fused-ring (bicyclic) bond motifs is 1. The number of nitrogens with two attached hydrogens (primary N) is 1. The minimum Gasteiger partial charge on any atom is -0.477 e. The summed E-state index contributed by atoms with van der Waals surface area (Å²) in [6.07, 6.45) is 3.35. The SMILES string of the molecule is CSC1=C(C(=O)O)N2C(=O)[C@H]([C@@H](C)O)[C@H]2[C@H]1CCCCNC(=N)N. The zero-order chi connectivity index (χ0) is 18.0. The second-order valence-corrected chi connectivity index (χ2v) is 6.98. The van der Waals surface area contributed by atoms with E-state index in [0.717, 1.165) is 19.3 Å². The molecular formula is C15H24N4O4S. The van der Waals surface area contributed by atoms with E-state index in [1.165, 1.54) is 16.7 Å². The first kappa shape index (κ1) is 18.6. The van der Waals surface area contributed by atoms with Gasteiger partial charge in [0, 0.05) is 17.4 Å². The van der Waals surface area contributed by atoms with Crippen LogP contribution >= 0.6 is 11.8 Å². The number of guanidine groups is 1. The van der Waals surface area contributed by atoms with E-state index in [0.29, 0.717) is 11.4 Å². The summed E-state index contributed by atoms with van der Waals surface area (Å²) in [5, 5.41) is 29.2. The van der Waals surface area contributed by atoms with Gasteiger partial charge in [0.25, 0.3) is 0 Å². The van der Waals surface area contributed by atoms with Crippen LogP contribution in [0.25, 0.3) is 0 Å². The highest BCUT2D eigenvalue weighted by Gasteiger charge is 2.60. The summed E-state index contributed by atoms with van der Waals surface area (Å²) >= 11 is 1.36. The van der Waals surface area contributed by atoms with Crippen LogP contribution in [0.1, 0.15) is 26.2 Å². The lowest BCUT2D eigenvalue weighted by atomic mass is 9.77. The average molecular weight is 356 g/mol. The van der Waals surface area contributed by atoms with Crippen molar-refractivity contribution in [3.63, 3.8) is 0 Å². The highest BCUT2D eigenvalue weighted by atomic mass is 32.2. The topological polar surface area (TPSA) is 140 Å². The number of carbonyl (C=O) groups excluding carboxylic acids is 1. The van der Waals surface area contributed by atoms with Gasteiger partial charge in [-0.05, 0) is 26.0 Å². The third-order valence-electron chi connectivity index (χ3n) is 4.61. The molecule has 1 fully saturated rings. The normalized spacial score (nSPS) is 26.9. The molecule has 0 aromatic heterocycles. The van der Waals surface area contributed by atoms with Gasteiger partial charge in [-0.3, -0.25) is 10.2 Å². The number of rotatable bonds is 8. The van der Waals surface area contributed by atoms with Gasteiger partial charge in [0.1, 0.15) is 5.70 Å². The predicted molar refractivity (Wildman–Crippen MR) is 91.2 cm³/mol. The Bertz CT molecular complexity index is 578. The van der Waals surface area contributed by atoms with E-state index in [1.54, 1.807) is 6.92 Å². The largest absolute Gasteiger partial charge is 0.477 e. The highest BCUT2D eigenvalue weighted by molar-refractivity contribution is 8.02. The smallest absolute Gasteiger partial charge is 0.353 e. The van der Waals surface area contributed by atoms with Crippen molar-refractivity contribution in [2.75, 3.05) is 12.8 Å². The molecule has 0 radical (unpaired) electrons. The first-order chi connectivity index (χ1) is 11.3. The van der Waals surface area contributed by atoms with E-state index in [1.807, 2.05) is 6.26 Å². The van der Waals surface area contributed by atoms with Gasteiger partial charge in [-0.15, -0.1) is 11.8 Å². The van der Waals surface area contributed by atoms with Crippen molar-refractivity contribution >= 4 is 29.6 Å². The molecule has 2 rings (SSSR count). The van der Waals surface area contributed by atoms with E-state index in [2.05, 4.69) is 5.32 Å². The van der Waals surface area contributed by atoms with Crippen LogP contribution in [0.4, 0.5) is 0 Å². The van der Waals surface area contributed by atoms with E-state index in [-0.39, 0.29) is 29.5 Å². The number of nitrogens with one attached hydrogen (secondary N) is 2. The zero-order valence-electron chi connectivity index (χ0n) is 13.8. The lowest BCUT2D eigenvalue weighted by Gasteiger charge is -2.47. The Labute approximate surface area is 145 Å². The maximum atomic E-state index is 12.3. The monoisotopic (exact) mass is 356 g/mol. The molecular weight excluding hydrogens is 332 g/mol. The number of amides is 1. The van der Waals surface area contributed by atoms with Gasteiger partial charge in [0.05, 0.1) is 18.1 Å². The number of aliphatic hydroxyl groups is 1. The lowest BCUT2D eigenvalue weighted by molar-refractivity contribution is -0.163. The number of carboxylic acid groups (broad SMARTS) is 1. The molecule has 9 heteroatoms. The summed E-state index contributed by atoms with van der Waals surface area (Å²) in [5.41, 5.74) is 5.30. The Morgan fingerprint density at radius 3 is 2.67 bits per heavy atom. The number of unbranched alkanes of at least 4 members (excludes halogenated alkanes) is 1. The minimum atomic E-state index is -1.09. The van der Waals surface area contributed by atoms with Crippen LogP contribution in [-0.2, 0) is 9.59 Å². The summed E-state index contributed by atoms with van der Waals surface area (Å²) in [6.45, 7) is 2.16. The molecule has 0 aromatic rings. The average Bonchev–Trinajstić information content (AvgIpc) is 2.76. The molecule has 2 aliphatic rings. The molecule has 1 saturated heterocycles. The van der Waals surface area contributed by atoms with Gasteiger partial charge < -0.3 is 26.2 Å². The first-order valence-corrected chi connectivity index (χ1v) is 9.14. The van der Waals surface area contributed by atoms with Crippen LogP contribution in [0, 0.1) is 17.2 Å². The molecule has 4 atom stereocenters. The fraction of sp³-hybridized carbons (Fsp3) is 0.667. The highest BCUT2D eigenvalue weighted by Crippen LogP contribution is 2.51. The summed E-state index contributed by atoms with van der Waals surface area (Å²) in [7, 11) is 0. The van der Waals surface area contributed by atoms with Crippen LogP contribution in [0.15, 0.2) is 10.6 Å². The molecule has 0 bridgehead atoms. The number of hydrogen-bond acceptors (Lipinski definition) is 5.